The number of rotatable bonds is 3. The summed E-state index contributed by atoms with van der Waals surface area (Å²) in [5.41, 5.74) is 0. The lowest BCUT2D eigenvalue weighted by molar-refractivity contribution is 0.222. The van der Waals surface area contributed by atoms with E-state index in [1.165, 1.54) is 32.4 Å². The summed E-state index contributed by atoms with van der Waals surface area (Å²) < 4.78 is 5.22. The molecule has 11 heavy (non-hydrogen) atoms. The van der Waals surface area contributed by atoms with Gasteiger partial charge < -0.3 is 4.74 Å². The predicted molar refractivity (Wildman–Crippen MR) is 44.6 cm³/mol. The number of ether oxygens (including phenoxy) is 1. The maximum absolute atomic E-state index is 5.22. The maximum atomic E-state index is 5.22. The number of hydrogen-bond donors (Lipinski definition) is 0. The largest absolute Gasteiger partial charge is 0.372 e. The Kier molecular flexibility index (Phi) is 2.14. The molecule has 0 aromatic carbocycles. The molecular formula is C9H17NO. The third-order valence-electron chi connectivity index (χ3n) is 2.81. The van der Waals surface area contributed by atoms with Crippen molar-refractivity contribution in [2.45, 2.75) is 38.3 Å². The molecule has 0 saturated carbocycles. The molecule has 2 unspecified atom stereocenters. The van der Waals surface area contributed by atoms with Crippen LogP contribution in [0.25, 0.3) is 0 Å². The van der Waals surface area contributed by atoms with Crippen LogP contribution in [0.1, 0.15) is 26.2 Å². The van der Waals surface area contributed by atoms with Crippen LogP contribution in [-0.2, 0) is 4.74 Å². The zero-order valence-electron chi connectivity index (χ0n) is 7.25. The summed E-state index contributed by atoms with van der Waals surface area (Å²) in [6, 6.07) is 0.860. The van der Waals surface area contributed by atoms with Gasteiger partial charge in [0.25, 0.3) is 0 Å². The van der Waals surface area contributed by atoms with Gasteiger partial charge in [0.2, 0.25) is 0 Å². The second kappa shape index (κ2) is 3.11. The van der Waals surface area contributed by atoms with Crippen LogP contribution >= 0.6 is 0 Å². The topological polar surface area (TPSA) is 15.8 Å². The standard InChI is InChI=1S/C9H17NO/c1-2-8-4-3-5-10(8)6-9-7-11-9/h8-9H,2-7H2,1H3. The van der Waals surface area contributed by atoms with E-state index in [-0.39, 0.29) is 0 Å². The molecule has 0 aromatic rings. The summed E-state index contributed by atoms with van der Waals surface area (Å²) >= 11 is 0. The van der Waals surface area contributed by atoms with Gasteiger partial charge in [0, 0.05) is 12.6 Å². The zero-order chi connectivity index (χ0) is 7.68. The van der Waals surface area contributed by atoms with E-state index in [0.717, 1.165) is 12.6 Å². The van der Waals surface area contributed by atoms with Crippen LogP contribution in [0.3, 0.4) is 0 Å². The van der Waals surface area contributed by atoms with Gasteiger partial charge in [-0.1, -0.05) is 6.92 Å². The second-order valence-corrected chi connectivity index (χ2v) is 3.65. The van der Waals surface area contributed by atoms with Crippen molar-refractivity contribution in [1.29, 1.82) is 0 Å². The fourth-order valence-corrected chi connectivity index (χ4v) is 2.03. The molecule has 2 aliphatic rings. The molecule has 0 aromatic heterocycles. The Balaban J connectivity index is 1.79. The van der Waals surface area contributed by atoms with Crippen molar-refractivity contribution in [1.82, 2.24) is 4.90 Å². The minimum atomic E-state index is 0.585. The van der Waals surface area contributed by atoms with Crippen molar-refractivity contribution in [3.63, 3.8) is 0 Å². The van der Waals surface area contributed by atoms with Gasteiger partial charge in [-0.25, -0.2) is 0 Å². The Morgan fingerprint density at radius 3 is 3.00 bits per heavy atom. The van der Waals surface area contributed by atoms with E-state index in [2.05, 4.69) is 11.8 Å². The molecule has 0 N–H and O–H groups in total. The summed E-state index contributed by atoms with van der Waals surface area (Å²) in [7, 11) is 0. The zero-order valence-corrected chi connectivity index (χ0v) is 7.25. The lowest BCUT2D eigenvalue weighted by Gasteiger charge is -2.21. The molecular weight excluding hydrogens is 138 g/mol. The number of nitrogens with zero attached hydrogens (tertiary/aromatic N) is 1. The molecule has 64 valence electrons. The van der Waals surface area contributed by atoms with Crippen molar-refractivity contribution >= 4 is 0 Å². The van der Waals surface area contributed by atoms with Gasteiger partial charge in [-0.3, -0.25) is 4.90 Å². The quantitative estimate of drug-likeness (QED) is 0.570. The van der Waals surface area contributed by atoms with E-state index >= 15 is 0 Å². The third-order valence-corrected chi connectivity index (χ3v) is 2.81. The molecule has 2 saturated heterocycles. The maximum Gasteiger partial charge on any atom is 0.0936 e. The average Bonchev–Trinajstić information content (AvgIpc) is 2.68. The molecule has 0 bridgehead atoms. The van der Waals surface area contributed by atoms with E-state index in [9.17, 15) is 0 Å². The Hall–Kier alpha value is -0.0800. The van der Waals surface area contributed by atoms with E-state index in [1.807, 2.05) is 0 Å². The highest BCUT2D eigenvalue weighted by molar-refractivity contribution is 4.83. The van der Waals surface area contributed by atoms with Gasteiger partial charge in [0.15, 0.2) is 0 Å². The van der Waals surface area contributed by atoms with E-state index in [0.29, 0.717) is 6.10 Å². The van der Waals surface area contributed by atoms with Crippen LogP contribution in [0.15, 0.2) is 0 Å². The normalized spacial score (nSPS) is 37.9. The molecule has 0 amide bonds. The predicted octanol–water partition coefficient (Wildman–Crippen LogP) is 1.26. The molecule has 0 radical (unpaired) electrons. The average molecular weight is 155 g/mol. The van der Waals surface area contributed by atoms with Crippen LogP contribution in [0, 0.1) is 0 Å². The van der Waals surface area contributed by atoms with Gasteiger partial charge in [-0.2, -0.15) is 0 Å². The molecule has 2 heterocycles. The molecule has 2 aliphatic heterocycles. The molecule has 2 atom stereocenters. The third kappa shape index (κ3) is 1.74. The SMILES string of the molecule is CCC1CCCN1CC1CO1. The Morgan fingerprint density at radius 2 is 2.36 bits per heavy atom. The lowest BCUT2D eigenvalue weighted by Crippen LogP contribution is -2.32. The van der Waals surface area contributed by atoms with Gasteiger partial charge in [-0.05, 0) is 25.8 Å². The van der Waals surface area contributed by atoms with E-state index in [4.69, 9.17) is 4.74 Å². The van der Waals surface area contributed by atoms with E-state index < -0.39 is 0 Å². The summed E-state index contributed by atoms with van der Waals surface area (Å²) in [5, 5.41) is 0. The molecule has 2 nitrogen and oxygen atoms in total. The van der Waals surface area contributed by atoms with Crippen molar-refractivity contribution in [2.75, 3.05) is 19.7 Å². The number of hydrogen-bond acceptors (Lipinski definition) is 2. The summed E-state index contributed by atoms with van der Waals surface area (Å²) in [6.45, 7) is 5.79. The molecule has 2 heteroatoms. The van der Waals surface area contributed by atoms with Crippen molar-refractivity contribution in [3.8, 4) is 0 Å². The van der Waals surface area contributed by atoms with E-state index in [1.54, 1.807) is 0 Å². The van der Waals surface area contributed by atoms with Gasteiger partial charge in [0.1, 0.15) is 0 Å². The monoisotopic (exact) mass is 155 g/mol. The fraction of sp³-hybridized carbons (Fsp3) is 1.00. The Morgan fingerprint density at radius 1 is 1.55 bits per heavy atom. The first-order valence-corrected chi connectivity index (χ1v) is 4.76. The second-order valence-electron chi connectivity index (χ2n) is 3.65. The van der Waals surface area contributed by atoms with Crippen LogP contribution in [-0.4, -0.2) is 36.7 Å². The molecule has 0 spiro atoms. The first-order chi connectivity index (χ1) is 5.40. The molecule has 2 fully saturated rings. The van der Waals surface area contributed by atoms with Crippen LogP contribution in [0.4, 0.5) is 0 Å². The smallest absolute Gasteiger partial charge is 0.0936 e. The summed E-state index contributed by atoms with van der Waals surface area (Å²) in [5.74, 6) is 0. The minimum Gasteiger partial charge on any atom is -0.372 e. The van der Waals surface area contributed by atoms with Crippen molar-refractivity contribution < 1.29 is 4.74 Å². The fourth-order valence-electron chi connectivity index (χ4n) is 2.03. The lowest BCUT2D eigenvalue weighted by atomic mass is 10.2. The van der Waals surface area contributed by atoms with Crippen LogP contribution in [0.5, 0.6) is 0 Å². The van der Waals surface area contributed by atoms with Crippen LogP contribution < -0.4 is 0 Å². The molecule has 2 rings (SSSR count). The number of epoxide rings is 1. The highest BCUT2D eigenvalue weighted by Gasteiger charge is 2.30. The molecule has 0 aliphatic carbocycles. The summed E-state index contributed by atoms with van der Waals surface area (Å²) in [6.07, 6.45) is 4.70. The van der Waals surface area contributed by atoms with Gasteiger partial charge in [-0.15, -0.1) is 0 Å². The minimum absolute atomic E-state index is 0.585. The van der Waals surface area contributed by atoms with Gasteiger partial charge in [0.05, 0.1) is 12.7 Å². The van der Waals surface area contributed by atoms with Crippen molar-refractivity contribution in [2.24, 2.45) is 0 Å². The van der Waals surface area contributed by atoms with Crippen LogP contribution in [0.2, 0.25) is 0 Å². The van der Waals surface area contributed by atoms with Crippen molar-refractivity contribution in [3.05, 3.63) is 0 Å². The number of likely N-dealkylation sites (tertiary alicyclic amines) is 1. The highest BCUT2D eigenvalue weighted by Crippen LogP contribution is 2.22. The first kappa shape index (κ1) is 7.56. The summed E-state index contributed by atoms with van der Waals surface area (Å²) in [4.78, 5) is 2.59. The Labute approximate surface area is 68.5 Å². The first-order valence-electron chi connectivity index (χ1n) is 4.76. The Bertz CT molecular complexity index is 134. The highest BCUT2D eigenvalue weighted by atomic mass is 16.6. The van der Waals surface area contributed by atoms with Gasteiger partial charge >= 0.3 is 0 Å².